The number of aryl methyl sites for hydroxylation is 3. The van der Waals surface area contributed by atoms with Crippen LogP contribution in [0.4, 0.5) is 23.4 Å². The van der Waals surface area contributed by atoms with Crippen molar-refractivity contribution in [1.29, 1.82) is 0 Å². The van der Waals surface area contributed by atoms with Gasteiger partial charge in [-0.15, -0.1) is 11.3 Å². The summed E-state index contributed by atoms with van der Waals surface area (Å²) in [5, 5.41) is 13.3. The number of hydrogen-bond donors (Lipinski definition) is 2. The molecule has 0 unspecified atom stereocenters. The van der Waals surface area contributed by atoms with Crippen LogP contribution >= 0.6 is 11.3 Å². The summed E-state index contributed by atoms with van der Waals surface area (Å²) in [5.41, 5.74) is 1.57. The van der Waals surface area contributed by atoms with E-state index in [4.69, 9.17) is 0 Å². The summed E-state index contributed by atoms with van der Waals surface area (Å²) >= 11 is 0.516. The number of carboxylic acid groups (broad SMARTS) is 1. The van der Waals surface area contributed by atoms with Crippen molar-refractivity contribution in [1.82, 2.24) is 14.5 Å². The van der Waals surface area contributed by atoms with E-state index in [1.807, 2.05) is 24.5 Å². The number of nitrogens with zero attached hydrogens (tertiary/aromatic N) is 3. The predicted molar refractivity (Wildman–Crippen MR) is 122 cm³/mol. The monoisotopic (exact) mass is 492 g/mol. The van der Waals surface area contributed by atoms with E-state index < -0.39 is 22.6 Å². The molecule has 3 aromatic heterocycles. The third-order valence-corrected chi connectivity index (χ3v) is 6.51. The topological polar surface area (TPSA) is 80.0 Å². The standard InChI is InChI=1S/C23H20F4N4O2S/c1-11-6-14(24)8-18-15(11)7-12(2)31(18)5-4-28-20-10-17(29-13(3)30-20)19-9-16(23(25,26)27)21(34-19)22(32)33/h6-10H,4-5H2,1-3H3,(H,32,33)(H,28,29,30). The number of carbonyl (C=O) groups is 1. The van der Waals surface area contributed by atoms with E-state index in [0.717, 1.165) is 28.2 Å². The number of nitrogens with one attached hydrogen (secondary N) is 1. The maximum absolute atomic E-state index is 13.9. The number of hydrogen-bond acceptors (Lipinski definition) is 5. The number of rotatable bonds is 6. The molecule has 0 fully saturated rings. The van der Waals surface area contributed by atoms with Crippen LogP contribution in [0.25, 0.3) is 21.5 Å². The Kier molecular flexibility index (Phi) is 6.07. The smallest absolute Gasteiger partial charge is 0.418 e. The van der Waals surface area contributed by atoms with E-state index in [-0.39, 0.29) is 16.4 Å². The zero-order valence-electron chi connectivity index (χ0n) is 18.4. The first-order valence-corrected chi connectivity index (χ1v) is 11.1. The van der Waals surface area contributed by atoms with Gasteiger partial charge in [0.1, 0.15) is 22.3 Å². The lowest BCUT2D eigenvalue weighted by molar-refractivity contribution is -0.137. The van der Waals surface area contributed by atoms with E-state index in [9.17, 15) is 27.5 Å². The first-order valence-electron chi connectivity index (χ1n) is 10.2. The molecule has 0 amide bonds. The molecular weight excluding hydrogens is 472 g/mol. The minimum Gasteiger partial charge on any atom is -0.477 e. The average molecular weight is 492 g/mol. The summed E-state index contributed by atoms with van der Waals surface area (Å²) in [6, 6.07) is 7.24. The Morgan fingerprint density at radius 2 is 1.85 bits per heavy atom. The number of halogens is 4. The second-order valence-corrected chi connectivity index (χ2v) is 8.91. The van der Waals surface area contributed by atoms with Gasteiger partial charge in [0.05, 0.1) is 21.7 Å². The van der Waals surface area contributed by atoms with Crippen LogP contribution in [-0.4, -0.2) is 32.2 Å². The molecule has 0 atom stereocenters. The minimum absolute atomic E-state index is 0.0801. The zero-order chi connectivity index (χ0) is 24.8. The molecule has 0 bridgehead atoms. The highest BCUT2D eigenvalue weighted by atomic mass is 32.1. The van der Waals surface area contributed by atoms with E-state index in [0.29, 0.717) is 36.1 Å². The Labute approximate surface area is 195 Å². The summed E-state index contributed by atoms with van der Waals surface area (Å²) in [6.45, 7) is 6.29. The van der Waals surface area contributed by atoms with Crippen LogP contribution in [0.15, 0.2) is 30.3 Å². The molecule has 0 spiro atoms. The number of aromatic nitrogens is 3. The fourth-order valence-corrected chi connectivity index (χ4v) is 4.87. The number of alkyl halides is 3. The molecule has 1 aromatic carbocycles. The summed E-state index contributed by atoms with van der Waals surface area (Å²) in [6.07, 6.45) is -4.79. The summed E-state index contributed by atoms with van der Waals surface area (Å²) < 4.78 is 55.7. The highest BCUT2D eigenvalue weighted by molar-refractivity contribution is 7.17. The van der Waals surface area contributed by atoms with Crippen molar-refractivity contribution in [2.24, 2.45) is 0 Å². The third-order valence-electron chi connectivity index (χ3n) is 5.36. The van der Waals surface area contributed by atoms with Crippen LogP contribution < -0.4 is 5.32 Å². The maximum atomic E-state index is 13.9. The van der Waals surface area contributed by atoms with Crippen molar-refractivity contribution in [3.05, 3.63) is 63.7 Å². The molecule has 6 nitrogen and oxygen atoms in total. The molecule has 0 aliphatic rings. The minimum atomic E-state index is -4.79. The van der Waals surface area contributed by atoms with Crippen LogP contribution in [-0.2, 0) is 12.7 Å². The molecule has 0 saturated heterocycles. The van der Waals surface area contributed by atoms with Gasteiger partial charge in [-0.05, 0) is 50.6 Å². The lowest BCUT2D eigenvalue weighted by atomic mass is 10.1. The third kappa shape index (κ3) is 4.60. The summed E-state index contributed by atoms with van der Waals surface area (Å²) in [7, 11) is 0. The fraction of sp³-hybridized carbons (Fsp3) is 0.261. The Morgan fingerprint density at radius 1 is 1.12 bits per heavy atom. The van der Waals surface area contributed by atoms with Gasteiger partial charge in [0.25, 0.3) is 0 Å². The number of benzene rings is 1. The zero-order valence-corrected chi connectivity index (χ0v) is 19.2. The first-order chi connectivity index (χ1) is 15.9. The SMILES string of the molecule is Cc1nc(NCCn2c(C)cc3c(C)cc(F)cc32)cc(-c2cc(C(F)(F)F)c(C(=O)O)s2)n1. The normalized spacial score (nSPS) is 11.9. The number of fused-ring (bicyclic) bond motifs is 1. The molecule has 34 heavy (non-hydrogen) atoms. The molecule has 11 heteroatoms. The maximum Gasteiger partial charge on any atom is 0.418 e. The van der Waals surface area contributed by atoms with Gasteiger partial charge in [-0.2, -0.15) is 13.2 Å². The van der Waals surface area contributed by atoms with Crippen LogP contribution in [0.1, 0.15) is 32.3 Å². The Balaban J connectivity index is 1.58. The van der Waals surface area contributed by atoms with E-state index >= 15 is 0 Å². The summed E-state index contributed by atoms with van der Waals surface area (Å²) in [5.74, 6) is -1.26. The number of carboxylic acids is 1. The number of aromatic carboxylic acids is 1. The molecule has 4 aromatic rings. The second-order valence-electron chi connectivity index (χ2n) is 7.86. The molecule has 178 valence electrons. The molecule has 2 N–H and O–H groups in total. The van der Waals surface area contributed by atoms with Crippen molar-refractivity contribution >= 4 is 34.0 Å². The van der Waals surface area contributed by atoms with E-state index in [1.165, 1.54) is 18.2 Å². The van der Waals surface area contributed by atoms with Crippen LogP contribution in [0.5, 0.6) is 0 Å². The Morgan fingerprint density at radius 3 is 2.50 bits per heavy atom. The van der Waals surface area contributed by atoms with Gasteiger partial charge < -0.3 is 15.0 Å². The van der Waals surface area contributed by atoms with Gasteiger partial charge in [-0.25, -0.2) is 19.2 Å². The van der Waals surface area contributed by atoms with Gasteiger partial charge in [0, 0.05) is 30.2 Å². The number of anilines is 1. The molecule has 4 rings (SSSR count). The molecular formula is C23H20F4N4O2S. The second kappa shape index (κ2) is 8.71. The summed E-state index contributed by atoms with van der Waals surface area (Å²) in [4.78, 5) is 19.1. The van der Waals surface area contributed by atoms with Crippen molar-refractivity contribution in [2.45, 2.75) is 33.5 Å². The van der Waals surface area contributed by atoms with Crippen molar-refractivity contribution in [2.75, 3.05) is 11.9 Å². The molecule has 0 radical (unpaired) electrons. The Hall–Kier alpha value is -3.47. The molecule has 3 heterocycles. The highest BCUT2D eigenvalue weighted by Gasteiger charge is 2.37. The van der Waals surface area contributed by atoms with Crippen LogP contribution in [0, 0.1) is 26.6 Å². The highest BCUT2D eigenvalue weighted by Crippen LogP contribution is 2.40. The Bertz CT molecular complexity index is 1410. The van der Waals surface area contributed by atoms with Crippen molar-refractivity contribution in [3.63, 3.8) is 0 Å². The number of thiophene rings is 1. The van der Waals surface area contributed by atoms with Gasteiger partial charge in [-0.3, -0.25) is 0 Å². The van der Waals surface area contributed by atoms with Gasteiger partial charge in [0.15, 0.2) is 0 Å². The quantitative estimate of drug-likeness (QED) is 0.320. The van der Waals surface area contributed by atoms with Gasteiger partial charge in [-0.1, -0.05) is 0 Å². The van der Waals surface area contributed by atoms with Crippen molar-refractivity contribution in [3.8, 4) is 10.6 Å². The lowest BCUT2D eigenvalue weighted by Crippen LogP contribution is -2.13. The lowest BCUT2D eigenvalue weighted by Gasteiger charge is -2.11. The van der Waals surface area contributed by atoms with Gasteiger partial charge >= 0.3 is 12.1 Å². The van der Waals surface area contributed by atoms with E-state index in [2.05, 4.69) is 15.3 Å². The molecule has 0 aliphatic carbocycles. The first kappa shape index (κ1) is 23.7. The van der Waals surface area contributed by atoms with Gasteiger partial charge in [0.2, 0.25) is 0 Å². The van der Waals surface area contributed by atoms with Crippen LogP contribution in [0.2, 0.25) is 0 Å². The fourth-order valence-electron chi connectivity index (χ4n) is 3.89. The van der Waals surface area contributed by atoms with Crippen LogP contribution in [0.3, 0.4) is 0 Å². The average Bonchev–Trinajstić information content (AvgIpc) is 3.31. The molecule has 0 saturated carbocycles. The molecule has 0 aliphatic heterocycles. The van der Waals surface area contributed by atoms with E-state index in [1.54, 1.807) is 6.92 Å². The predicted octanol–water partition coefficient (Wildman–Crippen LogP) is 6.05. The van der Waals surface area contributed by atoms with Crippen molar-refractivity contribution < 1.29 is 27.5 Å². The largest absolute Gasteiger partial charge is 0.477 e.